The summed E-state index contributed by atoms with van der Waals surface area (Å²) in [5.74, 6) is 0.234. The number of rotatable bonds is 2. The molecule has 0 atom stereocenters. The molecule has 1 aromatic carbocycles. The predicted octanol–water partition coefficient (Wildman–Crippen LogP) is 2.31. The van der Waals surface area contributed by atoms with Crippen LogP contribution in [-0.4, -0.2) is 11.1 Å². The van der Waals surface area contributed by atoms with E-state index in [1.54, 1.807) is 25.1 Å². The molecule has 0 fully saturated rings. The Balaban J connectivity index is 2.89. The maximum absolute atomic E-state index is 10.9. The van der Waals surface area contributed by atoms with Gasteiger partial charge in [0.05, 0.1) is 3.57 Å². The smallest absolute Gasteiger partial charge is 0.310 e. The first-order chi connectivity index (χ1) is 6.15. The summed E-state index contributed by atoms with van der Waals surface area (Å²) in [7, 11) is 0. The summed E-state index contributed by atoms with van der Waals surface area (Å²) in [5.41, 5.74) is 0. The number of hydrogen-bond donors (Lipinski definition) is 1. The Kier molecular flexibility index (Phi) is 3.53. The van der Waals surface area contributed by atoms with E-state index in [1.165, 1.54) is 0 Å². The van der Waals surface area contributed by atoms with Crippen molar-refractivity contribution in [1.82, 2.24) is 0 Å². The highest BCUT2D eigenvalue weighted by Gasteiger charge is 2.08. The van der Waals surface area contributed by atoms with Crippen LogP contribution in [0.25, 0.3) is 0 Å². The minimum absolute atomic E-state index is 0.127. The zero-order valence-corrected chi connectivity index (χ0v) is 9.24. The number of carbonyl (C=O) groups excluding carboxylic acids is 1. The molecule has 1 rings (SSSR count). The van der Waals surface area contributed by atoms with Gasteiger partial charge in [-0.2, -0.15) is 0 Å². The van der Waals surface area contributed by atoms with Gasteiger partial charge in [-0.15, -0.1) is 0 Å². The lowest BCUT2D eigenvalue weighted by atomic mass is 10.3. The molecular formula is C9H9IO3. The minimum Gasteiger partial charge on any atom is -0.507 e. The third-order valence-electron chi connectivity index (χ3n) is 1.46. The van der Waals surface area contributed by atoms with E-state index in [1.807, 2.05) is 22.6 Å². The Labute approximate surface area is 89.9 Å². The summed E-state index contributed by atoms with van der Waals surface area (Å²) in [6.07, 6.45) is 0.325. The van der Waals surface area contributed by atoms with Crippen molar-refractivity contribution < 1.29 is 14.6 Å². The lowest BCUT2D eigenvalue weighted by molar-refractivity contribution is -0.134. The molecule has 0 spiro atoms. The molecule has 0 aliphatic rings. The molecule has 1 N–H and O–H groups in total. The average Bonchev–Trinajstić information content (AvgIpc) is 2.13. The summed E-state index contributed by atoms with van der Waals surface area (Å²) in [5, 5.41) is 9.29. The van der Waals surface area contributed by atoms with Gasteiger partial charge in [0.1, 0.15) is 11.5 Å². The number of halogens is 1. The molecule has 0 aliphatic carbocycles. The van der Waals surface area contributed by atoms with E-state index < -0.39 is 0 Å². The summed E-state index contributed by atoms with van der Waals surface area (Å²) >= 11 is 1.93. The average molecular weight is 292 g/mol. The van der Waals surface area contributed by atoms with Crippen molar-refractivity contribution in [3.8, 4) is 11.5 Å². The molecule has 0 bridgehead atoms. The predicted molar refractivity (Wildman–Crippen MR) is 56.7 cm³/mol. The highest BCUT2D eigenvalue weighted by atomic mass is 127. The number of hydrogen-bond acceptors (Lipinski definition) is 3. The van der Waals surface area contributed by atoms with Crippen LogP contribution in [0.3, 0.4) is 0 Å². The third kappa shape index (κ3) is 2.58. The molecule has 0 amide bonds. The molecule has 1 aromatic rings. The number of phenolic OH excluding ortho intramolecular Hbond substituents is 1. The van der Waals surface area contributed by atoms with E-state index in [4.69, 9.17) is 4.74 Å². The van der Waals surface area contributed by atoms with Gasteiger partial charge in [-0.25, -0.2) is 0 Å². The largest absolute Gasteiger partial charge is 0.507 e. The molecule has 0 aromatic heterocycles. The van der Waals surface area contributed by atoms with Crippen molar-refractivity contribution in [3.63, 3.8) is 0 Å². The van der Waals surface area contributed by atoms with E-state index in [-0.39, 0.29) is 11.7 Å². The molecular weight excluding hydrogens is 283 g/mol. The summed E-state index contributed by atoms with van der Waals surface area (Å²) in [4.78, 5) is 10.9. The Hall–Kier alpha value is -0.780. The summed E-state index contributed by atoms with van der Waals surface area (Å²) < 4.78 is 5.53. The maximum atomic E-state index is 10.9. The van der Waals surface area contributed by atoms with E-state index >= 15 is 0 Å². The number of benzene rings is 1. The van der Waals surface area contributed by atoms with E-state index in [0.29, 0.717) is 15.7 Å². The number of aromatic hydroxyl groups is 1. The van der Waals surface area contributed by atoms with Crippen molar-refractivity contribution in [3.05, 3.63) is 21.8 Å². The molecule has 4 heteroatoms. The lowest BCUT2D eigenvalue weighted by Crippen LogP contribution is -2.06. The topological polar surface area (TPSA) is 46.5 Å². The molecule has 13 heavy (non-hydrogen) atoms. The van der Waals surface area contributed by atoms with Gasteiger partial charge in [0.15, 0.2) is 0 Å². The molecule has 0 radical (unpaired) electrons. The van der Waals surface area contributed by atoms with Crippen molar-refractivity contribution in [2.45, 2.75) is 13.3 Å². The van der Waals surface area contributed by atoms with Crippen LogP contribution in [0, 0.1) is 3.57 Å². The van der Waals surface area contributed by atoms with Crippen molar-refractivity contribution in [1.29, 1.82) is 0 Å². The molecule has 3 nitrogen and oxygen atoms in total. The highest BCUT2D eigenvalue weighted by molar-refractivity contribution is 14.1. The molecule has 0 aliphatic heterocycles. The van der Waals surface area contributed by atoms with Gasteiger partial charge in [-0.05, 0) is 34.7 Å². The van der Waals surface area contributed by atoms with Crippen molar-refractivity contribution in [2.75, 3.05) is 0 Å². The van der Waals surface area contributed by atoms with E-state index in [0.717, 1.165) is 0 Å². The molecule has 0 saturated heterocycles. The van der Waals surface area contributed by atoms with Crippen LogP contribution in [-0.2, 0) is 4.79 Å². The molecule has 0 heterocycles. The highest BCUT2D eigenvalue weighted by Crippen LogP contribution is 2.28. The van der Waals surface area contributed by atoms with Crippen LogP contribution in [0.15, 0.2) is 18.2 Å². The Morgan fingerprint density at radius 1 is 1.62 bits per heavy atom. The monoisotopic (exact) mass is 292 g/mol. The van der Waals surface area contributed by atoms with Crippen molar-refractivity contribution in [2.24, 2.45) is 0 Å². The van der Waals surface area contributed by atoms with Gasteiger partial charge in [0.2, 0.25) is 0 Å². The van der Waals surface area contributed by atoms with Gasteiger partial charge >= 0.3 is 5.97 Å². The molecule has 70 valence electrons. The fourth-order valence-corrected chi connectivity index (χ4v) is 1.24. The van der Waals surface area contributed by atoms with Gasteiger partial charge < -0.3 is 9.84 Å². The first kappa shape index (κ1) is 10.3. The quantitative estimate of drug-likeness (QED) is 0.517. The second kappa shape index (κ2) is 4.45. The third-order valence-corrected chi connectivity index (χ3v) is 2.54. The fraction of sp³-hybridized carbons (Fsp3) is 0.222. The van der Waals surface area contributed by atoms with Crippen LogP contribution < -0.4 is 4.74 Å². The van der Waals surface area contributed by atoms with Gasteiger partial charge in [-0.3, -0.25) is 4.79 Å². The van der Waals surface area contributed by atoms with Gasteiger partial charge in [-0.1, -0.05) is 13.0 Å². The summed E-state index contributed by atoms with van der Waals surface area (Å²) in [6.45, 7) is 1.72. The Morgan fingerprint density at radius 3 is 2.92 bits per heavy atom. The number of esters is 1. The number of carbonyl (C=O) groups is 1. The maximum Gasteiger partial charge on any atom is 0.310 e. The normalized spacial score (nSPS) is 9.69. The number of ether oxygens (including phenoxy) is 1. The number of phenols is 1. The fourth-order valence-electron chi connectivity index (χ4n) is 0.773. The second-order valence-electron chi connectivity index (χ2n) is 2.42. The zero-order chi connectivity index (χ0) is 9.84. The molecule has 0 unspecified atom stereocenters. The standard InChI is InChI=1S/C9H9IO3/c1-2-8(12)13-7-5-3-4-6(11)9(7)10/h3-5,11H,2H2,1H3. The second-order valence-corrected chi connectivity index (χ2v) is 3.50. The summed E-state index contributed by atoms with van der Waals surface area (Å²) in [6, 6.07) is 4.83. The first-order valence-corrected chi connectivity index (χ1v) is 4.91. The Bertz CT molecular complexity index is 323. The van der Waals surface area contributed by atoms with Gasteiger partial charge in [0.25, 0.3) is 0 Å². The van der Waals surface area contributed by atoms with Crippen LogP contribution in [0.4, 0.5) is 0 Å². The SMILES string of the molecule is CCC(=O)Oc1cccc(O)c1I. The lowest BCUT2D eigenvalue weighted by Gasteiger charge is -2.05. The van der Waals surface area contributed by atoms with E-state index in [2.05, 4.69) is 0 Å². The Morgan fingerprint density at radius 2 is 2.31 bits per heavy atom. The van der Waals surface area contributed by atoms with Crippen LogP contribution >= 0.6 is 22.6 Å². The molecule has 0 saturated carbocycles. The van der Waals surface area contributed by atoms with Crippen LogP contribution in [0.5, 0.6) is 11.5 Å². The van der Waals surface area contributed by atoms with Crippen LogP contribution in [0.1, 0.15) is 13.3 Å². The van der Waals surface area contributed by atoms with Gasteiger partial charge in [0, 0.05) is 6.42 Å². The van der Waals surface area contributed by atoms with Crippen LogP contribution in [0.2, 0.25) is 0 Å². The van der Waals surface area contributed by atoms with Crippen molar-refractivity contribution >= 4 is 28.6 Å². The minimum atomic E-state index is -0.302. The van der Waals surface area contributed by atoms with E-state index in [9.17, 15) is 9.90 Å². The zero-order valence-electron chi connectivity index (χ0n) is 7.08. The first-order valence-electron chi connectivity index (χ1n) is 3.83.